The third kappa shape index (κ3) is 4.81. The van der Waals surface area contributed by atoms with E-state index in [4.69, 9.17) is 0 Å². The number of aliphatic hydroxyl groups excluding tert-OH is 1. The quantitative estimate of drug-likeness (QED) is 0.447. The summed E-state index contributed by atoms with van der Waals surface area (Å²) in [6.45, 7) is 1.53. The Morgan fingerprint density at radius 3 is 2.62 bits per heavy atom. The molecule has 0 radical (unpaired) electrons. The van der Waals surface area contributed by atoms with Crippen LogP contribution in [0.3, 0.4) is 0 Å². The number of carbonyl (C=O) groups excluding carboxylic acids is 1. The first kappa shape index (κ1) is 23.1. The van der Waals surface area contributed by atoms with Crippen LogP contribution < -0.4 is 5.32 Å². The standard InChI is InChI=1S/C24H20F3N5O2/c1-14-28-12-21(22(29-14)16-5-3-4-15(10-16)13-33)30-23(34)17-6-7-19(24(25,26)27)18(11-17)20-8-9-32(2)31-20/h3-12,33H,13H2,1-2H3,(H,30,34). The first-order valence-corrected chi connectivity index (χ1v) is 10.2. The lowest BCUT2D eigenvalue weighted by atomic mass is 10.00. The summed E-state index contributed by atoms with van der Waals surface area (Å²) in [5.74, 6) is -0.160. The lowest BCUT2D eigenvalue weighted by Gasteiger charge is -2.14. The normalized spacial score (nSPS) is 11.5. The number of carbonyl (C=O) groups is 1. The van der Waals surface area contributed by atoms with Gasteiger partial charge in [0.05, 0.1) is 35.4 Å². The highest BCUT2D eigenvalue weighted by Gasteiger charge is 2.34. The van der Waals surface area contributed by atoms with E-state index in [1.54, 1.807) is 38.2 Å². The van der Waals surface area contributed by atoms with E-state index in [1.807, 2.05) is 0 Å². The molecule has 2 aromatic heterocycles. The minimum Gasteiger partial charge on any atom is -0.392 e. The van der Waals surface area contributed by atoms with Crippen molar-refractivity contribution in [3.05, 3.63) is 83.4 Å². The van der Waals surface area contributed by atoms with Gasteiger partial charge in [0.1, 0.15) is 5.82 Å². The molecule has 1 amide bonds. The predicted octanol–water partition coefficient (Wildman–Crippen LogP) is 4.62. The summed E-state index contributed by atoms with van der Waals surface area (Å²) in [6.07, 6.45) is -1.65. The highest BCUT2D eigenvalue weighted by molar-refractivity contribution is 6.06. The van der Waals surface area contributed by atoms with Gasteiger partial charge in [0.25, 0.3) is 5.91 Å². The molecule has 4 rings (SSSR count). The maximum atomic E-state index is 13.6. The topological polar surface area (TPSA) is 92.9 Å². The van der Waals surface area contributed by atoms with Crippen LogP contribution >= 0.6 is 0 Å². The Hall–Kier alpha value is -4.05. The number of nitrogens with one attached hydrogen (secondary N) is 1. The Bertz CT molecular complexity index is 1360. The van der Waals surface area contributed by atoms with Crippen molar-refractivity contribution in [1.82, 2.24) is 19.7 Å². The van der Waals surface area contributed by atoms with Gasteiger partial charge in [-0.2, -0.15) is 18.3 Å². The number of benzene rings is 2. The van der Waals surface area contributed by atoms with E-state index in [2.05, 4.69) is 20.4 Å². The number of hydrogen-bond donors (Lipinski definition) is 2. The fourth-order valence-electron chi connectivity index (χ4n) is 3.50. The molecule has 174 valence electrons. The summed E-state index contributed by atoms with van der Waals surface area (Å²) in [4.78, 5) is 21.6. The lowest BCUT2D eigenvalue weighted by Crippen LogP contribution is -2.15. The second-order valence-electron chi connectivity index (χ2n) is 7.62. The van der Waals surface area contributed by atoms with Gasteiger partial charge in [-0.05, 0) is 42.8 Å². The molecule has 2 aromatic carbocycles. The van der Waals surface area contributed by atoms with Gasteiger partial charge < -0.3 is 10.4 Å². The molecule has 0 saturated heterocycles. The van der Waals surface area contributed by atoms with Crippen LogP contribution in [0.2, 0.25) is 0 Å². The zero-order chi connectivity index (χ0) is 24.5. The average molecular weight is 467 g/mol. The first-order valence-electron chi connectivity index (χ1n) is 10.2. The van der Waals surface area contributed by atoms with Crippen LogP contribution in [0.1, 0.15) is 27.3 Å². The number of hydrogen-bond acceptors (Lipinski definition) is 5. The van der Waals surface area contributed by atoms with E-state index in [9.17, 15) is 23.1 Å². The van der Waals surface area contributed by atoms with Crippen molar-refractivity contribution in [3.63, 3.8) is 0 Å². The van der Waals surface area contributed by atoms with Gasteiger partial charge in [0.15, 0.2) is 0 Å². The van der Waals surface area contributed by atoms with Gasteiger partial charge >= 0.3 is 6.18 Å². The van der Waals surface area contributed by atoms with Crippen LogP contribution in [0, 0.1) is 6.92 Å². The Kier molecular flexibility index (Phi) is 6.16. The van der Waals surface area contributed by atoms with Crippen molar-refractivity contribution in [2.24, 2.45) is 7.05 Å². The Balaban J connectivity index is 1.73. The van der Waals surface area contributed by atoms with Gasteiger partial charge in [-0.15, -0.1) is 0 Å². The average Bonchev–Trinajstić information content (AvgIpc) is 3.25. The molecule has 0 aliphatic rings. The van der Waals surface area contributed by atoms with E-state index in [0.717, 1.165) is 12.1 Å². The number of aliphatic hydroxyl groups is 1. The molecule has 2 N–H and O–H groups in total. The van der Waals surface area contributed by atoms with E-state index in [1.165, 1.54) is 29.2 Å². The molecule has 0 aliphatic carbocycles. The van der Waals surface area contributed by atoms with Crippen LogP contribution in [-0.4, -0.2) is 30.8 Å². The number of amides is 1. The molecular formula is C24H20F3N5O2. The molecule has 0 unspecified atom stereocenters. The van der Waals surface area contributed by atoms with E-state index in [0.29, 0.717) is 22.6 Å². The molecule has 4 aromatic rings. The largest absolute Gasteiger partial charge is 0.417 e. The molecule has 10 heteroatoms. The zero-order valence-electron chi connectivity index (χ0n) is 18.3. The molecule has 0 atom stereocenters. The smallest absolute Gasteiger partial charge is 0.392 e. The van der Waals surface area contributed by atoms with Crippen LogP contribution in [0.5, 0.6) is 0 Å². The predicted molar refractivity (Wildman–Crippen MR) is 120 cm³/mol. The molecule has 0 saturated carbocycles. The number of alkyl halides is 3. The van der Waals surface area contributed by atoms with E-state index < -0.39 is 17.6 Å². The van der Waals surface area contributed by atoms with Crippen molar-refractivity contribution in [3.8, 4) is 22.5 Å². The first-order chi connectivity index (χ1) is 16.2. The van der Waals surface area contributed by atoms with Gasteiger partial charge in [-0.25, -0.2) is 9.97 Å². The monoisotopic (exact) mass is 467 g/mol. The summed E-state index contributed by atoms with van der Waals surface area (Å²) in [6, 6.07) is 11.6. The molecule has 2 heterocycles. The Morgan fingerprint density at radius 2 is 1.94 bits per heavy atom. The van der Waals surface area contributed by atoms with Crippen LogP contribution in [-0.2, 0) is 19.8 Å². The van der Waals surface area contributed by atoms with Gasteiger partial charge in [-0.3, -0.25) is 9.48 Å². The summed E-state index contributed by atoms with van der Waals surface area (Å²) in [5.41, 5.74) is 1.05. The lowest BCUT2D eigenvalue weighted by molar-refractivity contribution is -0.137. The third-order valence-electron chi connectivity index (χ3n) is 5.12. The van der Waals surface area contributed by atoms with E-state index in [-0.39, 0.29) is 29.1 Å². The molecule has 0 spiro atoms. The number of rotatable bonds is 5. The van der Waals surface area contributed by atoms with Crippen molar-refractivity contribution >= 4 is 11.6 Å². The summed E-state index contributed by atoms with van der Waals surface area (Å²) < 4.78 is 42.2. The van der Waals surface area contributed by atoms with E-state index >= 15 is 0 Å². The highest BCUT2D eigenvalue weighted by Crippen LogP contribution is 2.37. The third-order valence-corrected chi connectivity index (χ3v) is 5.12. The number of aryl methyl sites for hydroxylation is 2. The number of aromatic nitrogens is 4. The molecular weight excluding hydrogens is 447 g/mol. The zero-order valence-corrected chi connectivity index (χ0v) is 18.3. The van der Waals surface area contributed by atoms with Crippen molar-refractivity contribution in [2.75, 3.05) is 5.32 Å². The van der Waals surface area contributed by atoms with Crippen molar-refractivity contribution < 1.29 is 23.1 Å². The van der Waals surface area contributed by atoms with Gasteiger partial charge in [0.2, 0.25) is 0 Å². The summed E-state index contributed by atoms with van der Waals surface area (Å²) in [7, 11) is 1.60. The summed E-state index contributed by atoms with van der Waals surface area (Å²) in [5, 5.41) is 16.2. The van der Waals surface area contributed by atoms with Crippen LogP contribution in [0.15, 0.2) is 60.9 Å². The maximum absolute atomic E-state index is 13.6. The molecule has 34 heavy (non-hydrogen) atoms. The number of anilines is 1. The SMILES string of the molecule is Cc1ncc(NC(=O)c2ccc(C(F)(F)F)c(-c3ccn(C)n3)c2)c(-c2cccc(CO)c2)n1. The minimum atomic E-state index is -4.61. The van der Waals surface area contributed by atoms with Crippen LogP contribution in [0.25, 0.3) is 22.5 Å². The molecule has 0 aliphatic heterocycles. The fraction of sp³-hybridized carbons (Fsp3) is 0.167. The molecule has 7 nitrogen and oxygen atoms in total. The van der Waals surface area contributed by atoms with Gasteiger partial charge in [0, 0.05) is 29.9 Å². The molecule has 0 fully saturated rings. The fourth-order valence-corrected chi connectivity index (χ4v) is 3.50. The second-order valence-corrected chi connectivity index (χ2v) is 7.62. The Morgan fingerprint density at radius 1 is 1.15 bits per heavy atom. The number of halogens is 3. The number of nitrogens with zero attached hydrogens (tertiary/aromatic N) is 4. The van der Waals surface area contributed by atoms with Crippen LogP contribution in [0.4, 0.5) is 18.9 Å². The minimum absolute atomic E-state index is 0.0179. The highest BCUT2D eigenvalue weighted by atomic mass is 19.4. The Labute approximate surface area is 192 Å². The van der Waals surface area contributed by atoms with Crippen molar-refractivity contribution in [2.45, 2.75) is 19.7 Å². The maximum Gasteiger partial charge on any atom is 0.417 e. The molecule has 0 bridgehead atoms. The second kappa shape index (κ2) is 9.06. The summed E-state index contributed by atoms with van der Waals surface area (Å²) >= 11 is 0. The van der Waals surface area contributed by atoms with Gasteiger partial charge in [-0.1, -0.05) is 18.2 Å². The van der Waals surface area contributed by atoms with Crippen molar-refractivity contribution in [1.29, 1.82) is 0 Å².